The van der Waals surface area contributed by atoms with Crippen LogP contribution < -0.4 is 0 Å². The maximum Gasteiger partial charge on any atom is 0.334 e. The lowest BCUT2D eigenvalue weighted by Gasteiger charge is -2.14. The van der Waals surface area contributed by atoms with Gasteiger partial charge in [-0.05, 0) is 19.9 Å². The van der Waals surface area contributed by atoms with Crippen LogP contribution in [0.3, 0.4) is 0 Å². The molecule has 0 N–H and O–H groups in total. The Hall–Kier alpha value is -1.90. The zero-order valence-corrected chi connectivity index (χ0v) is 10.8. The Bertz CT molecular complexity index is 441. The lowest BCUT2D eigenvalue weighted by Crippen LogP contribution is -2.15. The summed E-state index contributed by atoms with van der Waals surface area (Å²) in [5.74, 6) is -0.514. The summed E-state index contributed by atoms with van der Waals surface area (Å²) >= 11 is 0. The van der Waals surface area contributed by atoms with Gasteiger partial charge in [-0.2, -0.15) is 0 Å². The summed E-state index contributed by atoms with van der Waals surface area (Å²) in [7, 11) is 0. The van der Waals surface area contributed by atoms with Gasteiger partial charge in [-0.1, -0.05) is 36.5 Å². The number of hydrogen-bond acceptors (Lipinski definition) is 3. The van der Waals surface area contributed by atoms with E-state index in [0.717, 1.165) is 17.4 Å². The normalized spacial score (nSPS) is 24.4. The number of hydrogen-bond donors (Lipinski definition) is 0. The van der Waals surface area contributed by atoms with Crippen molar-refractivity contribution in [1.29, 1.82) is 0 Å². The zero-order chi connectivity index (χ0) is 13.7. The highest BCUT2D eigenvalue weighted by atomic mass is 16.6. The fourth-order valence-corrected chi connectivity index (χ4v) is 1.83. The van der Waals surface area contributed by atoms with Crippen LogP contribution in [0.5, 0.6) is 0 Å². The van der Waals surface area contributed by atoms with Gasteiger partial charge in [0, 0.05) is 17.9 Å². The molecule has 0 amide bonds. The fraction of sp³-hybridized carbons (Fsp3) is 0.333. The molecular weight excluding hydrogens is 228 g/mol. The molecule has 3 heteroatoms. The third-order valence-electron chi connectivity index (χ3n) is 2.79. The second-order valence-corrected chi connectivity index (χ2v) is 4.55. The third-order valence-corrected chi connectivity index (χ3v) is 2.79. The predicted octanol–water partition coefficient (Wildman–Crippen LogP) is 2.75. The van der Waals surface area contributed by atoms with Crippen molar-refractivity contribution in [3.63, 3.8) is 0 Å². The minimum Gasteiger partial charge on any atom is -0.458 e. The van der Waals surface area contributed by atoms with E-state index in [2.05, 4.69) is 13.2 Å². The SMILES string of the molecule is C=C(C)/C=C/[C@@H]1C(=C)C(=O)O[C@H]1C/C(C)=C\C=O. The van der Waals surface area contributed by atoms with E-state index in [9.17, 15) is 9.59 Å². The molecule has 1 rings (SSSR count). The van der Waals surface area contributed by atoms with Crippen molar-refractivity contribution in [3.8, 4) is 0 Å². The Morgan fingerprint density at radius 3 is 2.67 bits per heavy atom. The predicted molar refractivity (Wildman–Crippen MR) is 70.9 cm³/mol. The minimum absolute atomic E-state index is 0.149. The third kappa shape index (κ3) is 3.55. The van der Waals surface area contributed by atoms with Crippen LogP contribution in [0.25, 0.3) is 0 Å². The Labute approximate surface area is 108 Å². The standard InChI is InChI=1S/C15H18O3/c1-10(2)5-6-13-12(4)15(17)18-14(13)9-11(3)7-8-16/h5-8,13-14H,1,4,9H2,2-3H3/b6-5+,11-7-/t13-,14+/m1/s1. The average molecular weight is 246 g/mol. The van der Waals surface area contributed by atoms with Gasteiger partial charge in [0.25, 0.3) is 0 Å². The van der Waals surface area contributed by atoms with E-state index in [1.54, 1.807) is 0 Å². The van der Waals surface area contributed by atoms with Crippen molar-refractivity contribution in [2.75, 3.05) is 0 Å². The zero-order valence-electron chi connectivity index (χ0n) is 10.8. The number of carbonyl (C=O) groups excluding carboxylic acids is 2. The van der Waals surface area contributed by atoms with E-state index >= 15 is 0 Å². The van der Waals surface area contributed by atoms with E-state index in [4.69, 9.17) is 4.74 Å². The van der Waals surface area contributed by atoms with Crippen molar-refractivity contribution in [1.82, 2.24) is 0 Å². The molecule has 0 spiro atoms. The average Bonchev–Trinajstić information content (AvgIpc) is 2.52. The molecule has 1 heterocycles. The maximum absolute atomic E-state index is 11.5. The van der Waals surface area contributed by atoms with E-state index in [1.807, 2.05) is 26.0 Å². The summed E-state index contributed by atoms with van der Waals surface area (Å²) < 4.78 is 5.26. The number of carbonyl (C=O) groups is 2. The van der Waals surface area contributed by atoms with Crippen LogP contribution in [-0.4, -0.2) is 18.4 Å². The van der Waals surface area contributed by atoms with Gasteiger partial charge in [0.15, 0.2) is 0 Å². The first-order chi connectivity index (χ1) is 8.45. The van der Waals surface area contributed by atoms with E-state index in [0.29, 0.717) is 12.0 Å². The van der Waals surface area contributed by atoms with E-state index < -0.39 is 0 Å². The van der Waals surface area contributed by atoms with Crippen molar-refractivity contribution in [2.45, 2.75) is 26.4 Å². The van der Waals surface area contributed by atoms with Crippen molar-refractivity contribution in [2.24, 2.45) is 5.92 Å². The molecule has 0 unspecified atom stereocenters. The van der Waals surface area contributed by atoms with Crippen LogP contribution in [0.15, 0.2) is 48.1 Å². The van der Waals surface area contributed by atoms with Crippen LogP contribution in [0.4, 0.5) is 0 Å². The second-order valence-electron chi connectivity index (χ2n) is 4.55. The van der Waals surface area contributed by atoms with Crippen LogP contribution in [0.2, 0.25) is 0 Å². The molecule has 0 aromatic heterocycles. The Morgan fingerprint density at radius 2 is 2.11 bits per heavy atom. The van der Waals surface area contributed by atoms with Gasteiger partial charge >= 0.3 is 5.97 Å². The van der Waals surface area contributed by atoms with Crippen molar-refractivity contribution in [3.05, 3.63) is 48.1 Å². The molecule has 0 saturated carbocycles. The lowest BCUT2D eigenvalue weighted by molar-refractivity contribution is -0.138. The Kier molecular flexibility index (Phi) is 4.84. The van der Waals surface area contributed by atoms with Crippen LogP contribution in [-0.2, 0) is 14.3 Å². The number of ether oxygens (including phenoxy) is 1. The largest absolute Gasteiger partial charge is 0.458 e. The second kappa shape index (κ2) is 6.15. The minimum atomic E-state index is -0.365. The number of allylic oxidation sites excluding steroid dienone is 3. The van der Waals surface area contributed by atoms with Gasteiger partial charge in [-0.25, -0.2) is 4.79 Å². The van der Waals surface area contributed by atoms with E-state index in [1.165, 1.54) is 6.08 Å². The first-order valence-corrected chi connectivity index (χ1v) is 5.80. The summed E-state index contributed by atoms with van der Waals surface area (Å²) in [5, 5.41) is 0. The summed E-state index contributed by atoms with van der Waals surface area (Å²) in [4.78, 5) is 21.9. The number of esters is 1. The molecule has 0 aromatic carbocycles. The molecule has 0 bridgehead atoms. The smallest absolute Gasteiger partial charge is 0.334 e. The molecule has 0 radical (unpaired) electrons. The van der Waals surface area contributed by atoms with E-state index in [-0.39, 0.29) is 18.0 Å². The monoisotopic (exact) mass is 246 g/mol. The van der Waals surface area contributed by atoms with Gasteiger partial charge in [0.2, 0.25) is 0 Å². The summed E-state index contributed by atoms with van der Waals surface area (Å²) in [6.07, 6.45) is 6.21. The summed E-state index contributed by atoms with van der Waals surface area (Å²) in [6, 6.07) is 0. The fourth-order valence-electron chi connectivity index (χ4n) is 1.83. The first kappa shape index (κ1) is 14.2. The van der Waals surface area contributed by atoms with Gasteiger partial charge in [-0.15, -0.1) is 0 Å². The molecular formula is C15H18O3. The first-order valence-electron chi connectivity index (χ1n) is 5.80. The molecule has 1 aliphatic heterocycles. The molecule has 96 valence electrons. The number of cyclic esters (lactones) is 1. The molecule has 0 aliphatic carbocycles. The molecule has 2 atom stereocenters. The highest BCUT2D eigenvalue weighted by Gasteiger charge is 2.36. The molecule has 18 heavy (non-hydrogen) atoms. The van der Waals surface area contributed by atoms with Gasteiger partial charge in [0.1, 0.15) is 12.4 Å². The topological polar surface area (TPSA) is 43.4 Å². The Balaban J connectivity index is 2.85. The highest BCUT2D eigenvalue weighted by Crippen LogP contribution is 2.31. The highest BCUT2D eigenvalue weighted by molar-refractivity contribution is 5.91. The van der Waals surface area contributed by atoms with Crippen molar-refractivity contribution < 1.29 is 14.3 Å². The van der Waals surface area contributed by atoms with Crippen LogP contribution in [0, 0.1) is 5.92 Å². The lowest BCUT2D eigenvalue weighted by atomic mass is 9.92. The summed E-state index contributed by atoms with van der Waals surface area (Å²) in [6.45, 7) is 11.2. The molecule has 0 aromatic rings. The quantitative estimate of drug-likeness (QED) is 0.324. The maximum atomic E-state index is 11.5. The van der Waals surface area contributed by atoms with Crippen molar-refractivity contribution >= 4 is 12.3 Å². The van der Waals surface area contributed by atoms with Crippen LogP contribution in [0.1, 0.15) is 20.3 Å². The van der Waals surface area contributed by atoms with Gasteiger partial charge < -0.3 is 4.74 Å². The Morgan fingerprint density at radius 1 is 1.44 bits per heavy atom. The van der Waals surface area contributed by atoms with Gasteiger partial charge in [-0.3, -0.25) is 4.79 Å². The summed E-state index contributed by atoms with van der Waals surface area (Å²) in [5.41, 5.74) is 2.24. The molecule has 1 aliphatic rings. The molecule has 3 nitrogen and oxygen atoms in total. The number of aldehydes is 1. The molecule has 1 saturated heterocycles. The number of rotatable bonds is 5. The molecule has 1 fully saturated rings. The van der Waals surface area contributed by atoms with Gasteiger partial charge in [0.05, 0.1) is 0 Å². The van der Waals surface area contributed by atoms with Crippen LogP contribution >= 0.6 is 0 Å².